The molecule has 1 aliphatic heterocycles. The van der Waals surface area contributed by atoms with E-state index in [0.717, 1.165) is 12.0 Å². The van der Waals surface area contributed by atoms with E-state index in [0.29, 0.717) is 0 Å². The van der Waals surface area contributed by atoms with Gasteiger partial charge in [-0.15, -0.1) is 0 Å². The minimum atomic E-state index is 0.847. The van der Waals surface area contributed by atoms with Crippen LogP contribution in [0.5, 0.6) is 0 Å². The van der Waals surface area contributed by atoms with E-state index in [1.165, 1.54) is 77.5 Å². The normalized spacial score (nSPS) is 27.7. The van der Waals surface area contributed by atoms with Gasteiger partial charge in [-0.2, -0.15) is 0 Å². The second-order valence-electron chi connectivity index (χ2n) is 6.01. The molecule has 0 radical (unpaired) electrons. The van der Waals surface area contributed by atoms with E-state index in [4.69, 9.17) is 0 Å². The van der Waals surface area contributed by atoms with Gasteiger partial charge < -0.3 is 10.2 Å². The lowest BCUT2D eigenvalue weighted by molar-refractivity contribution is 0.169. The van der Waals surface area contributed by atoms with Crippen molar-refractivity contribution in [3.05, 3.63) is 0 Å². The zero-order valence-corrected chi connectivity index (χ0v) is 11.6. The van der Waals surface area contributed by atoms with Crippen molar-refractivity contribution in [1.29, 1.82) is 0 Å². The first kappa shape index (κ1) is 13.4. The summed E-state index contributed by atoms with van der Waals surface area (Å²) in [5.41, 5.74) is 0. The van der Waals surface area contributed by atoms with Crippen LogP contribution in [0, 0.1) is 5.92 Å². The standard InChI is InChI=1S/C15H30N2/c1-2-14-7-5-11-17(13-14)12-6-10-16-15-8-3-4-9-15/h14-16H,2-13H2,1H3. The summed E-state index contributed by atoms with van der Waals surface area (Å²) in [5, 5.41) is 3.72. The Kier molecular flexibility index (Phi) is 5.79. The van der Waals surface area contributed by atoms with Crippen LogP contribution in [0.3, 0.4) is 0 Å². The predicted molar refractivity (Wildman–Crippen MR) is 74.3 cm³/mol. The molecule has 1 unspecified atom stereocenters. The Labute approximate surface area is 107 Å². The molecular formula is C15H30N2. The van der Waals surface area contributed by atoms with E-state index < -0.39 is 0 Å². The fraction of sp³-hybridized carbons (Fsp3) is 1.00. The molecule has 2 rings (SSSR count). The van der Waals surface area contributed by atoms with Crippen LogP contribution in [0.4, 0.5) is 0 Å². The van der Waals surface area contributed by atoms with Gasteiger partial charge in [-0.05, 0) is 57.7 Å². The molecule has 2 aliphatic rings. The first-order valence-electron chi connectivity index (χ1n) is 7.84. The molecule has 2 nitrogen and oxygen atoms in total. The van der Waals surface area contributed by atoms with E-state index in [1.54, 1.807) is 0 Å². The van der Waals surface area contributed by atoms with Crippen LogP contribution in [0.2, 0.25) is 0 Å². The maximum atomic E-state index is 3.72. The van der Waals surface area contributed by atoms with Gasteiger partial charge in [0.05, 0.1) is 0 Å². The molecule has 1 saturated heterocycles. The summed E-state index contributed by atoms with van der Waals surface area (Å²) in [6, 6.07) is 0.847. The molecule has 1 saturated carbocycles. The highest BCUT2D eigenvalue weighted by Crippen LogP contribution is 2.19. The second kappa shape index (κ2) is 7.38. The minimum Gasteiger partial charge on any atom is -0.314 e. The average Bonchev–Trinajstić information content (AvgIpc) is 2.88. The van der Waals surface area contributed by atoms with E-state index in [9.17, 15) is 0 Å². The molecule has 0 amide bonds. The molecule has 0 spiro atoms. The Balaban J connectivity index is 1.52. The highest BCUT2D eigenvalue weighted by molar-refractivity contribution is 4.75. The molecule has 17 heavy (non-hydrogen) atoms. The minimum absolute atomic E-state index is 0.847. The molecule has 0 aromatic carbocycles. The quantitative estimate of drug-likeness (QED) is 0.716. The van der Waals surface area contributed by atoms with Gasteiger partial charge in [0.15, 0.2) is 0 Å². The zero-order chi connectivity index (χ0) is 11.9. The summed E-state index contributed by atoms with van der Waals surface area (Å²) in [7, 11) is 0. The zero-order valence-electron chi connectivity index (χ0n) is 11.6. The van der Waals surface area contributed by atoms with E-state index in [-0.39, 0.29) is 0 Å². The van der Waals surface area contributed by atoms with Gasteiger partial charge >= 0.3 is 0 Å². The van der Waals surface area contributed by atoms with Crippen LogP contribution in [0.25, 0.3) is 0 Å². The summed E-state index contributed by atoms with van der Waals surface area (Å²) in [6.45, 7) is 7.60. The van der Waals surface area contributed by atoms with Crippen LogP contribution < -0.4 is 5.32 Å². The maximum absolute atomic E-state index is 3.72. The summed E-state index contributed by atoms with van der Waals surface area (Å²) < 4.78 is 0. The lowest BCUT2D eigenvalue weighted by Gasteiger charge is -2.32. The number of hydrogen-bond donors (Lipinski definition) is 1. The molecular weight excluding hydrogens is 208 g/mol. The molecule has 1 heterocycles. The molecule has 100 valence electrons. The van der Waals surface area contributed by atoms with Crippen LogP contribution in [-0.2, 0) is 0 Å². The van der Waals surface area contributed by atoms with Crippen LogP contribution in [0.15, 0.2) is 0 Å². The Morgan fingerprint density at radius 3 is 2.71 bits per heavy atom. The number of hydrogen-bond acceptors (Lipinski definition) is 2. The number of nitrogens with one attached hydrogen (secondary N) is 1. The average molecular weight is 238 g/mol. The third-order valence-corrected chi connectivity index (χ3v) is 4.62. The number of likely N-dealkylation sites (tertiary alicyclic amines) is 1. The molecule has 2 fully saturated rings. The van der Waals surface area contributed by atoms with Gasteiger partial charge in [0, 0.05) is 12.6 Å². The Bertz CT molecular complexity index is 199. The second-order valence-corrected chi connectivity index (χ2v) is 6.01. The monoisotopic (exact) mass is 238 g/mol. The van der Waals surface area contributed by atoms with E-state index in [2.05, 4.69) is 17.1 Å². The molecule has 0 aromatic rings. The van der Waals surface area contributed by atoms with Gasteiger partial charge in [-0.25, -0.2) is 0 Å². The van der Waals surface area contributed by atoms with Gasteiger partial charge in [-0.3, -0.25) is 0 Å². The lowest BCUT2D eigenvalue weighted by atomic mass is 9.95. The summed E-state index contributed by atoms with van der Waals surface area (Å²) in [5.74, 6) is 0.978. The van der Waals surface area contributed by atoms with Gasteiger partial charge in [-0.1, -0.05) is 26.2 Å². The van der Waals surface area contributed by atoms with Crippen molar-refractivity contribution in [3.63, 3.8) is 0 Å². The van der Waals surface area contributed by atoms with Gasteiger partial charge in [0.1, 0.15) is 0 Å². The number of nitrogens with zero attached hydrogens (tertiary/aromatic N) is 1. The topological polar surface area (TPSA) is 15.3 Å². The highest BCUT2D eigenvalue weighted by Gasteiger charge is 2.18. The molecule has 1 N–H and O–H groups in total. The summed E-state index contributed by atoms with van der Waals surface area (Å²) in [6.07, 6.45) is 11.3. The number of piperidine rings is 1. The van der Waals surface area contributed by atoms with E-state index in [1.807, 2.05) is 0 Å². The third-order valence-electron chi connectivity index (χ3n) is 4.62. The van der Waals surface area contributed by atoms with Crippen molar-refractivity contribution in [2.75, 3.05) is 26.2 Å². The molecule has 2 heteroatoms. The SMILES string of the molecule is CCC1CCCN(CCCNC2CCCC2)C1. The van der Waals surface area contributed by atoms with Crippen LogP contribution in [-0.4, -0.2) is 37.1 Å². The number of rotatable bonds is 6. The van der Waals surface area contributed by atoms with Gasteiger partial charge in [0.2, 0.25) is 0 Å². The molecule has 0 bridgehead atoms. The van der Waals surface area contributed by atoms with Crippen molar-refractivity contribution in [2.45, 2.75) is 64.3 Å². The Morgan fingerprint density at radius 2 is 1.94 bits per heavy atom. The predicted octanol–water partition coefficient (Wildman–Crippen LogP) is 3.03. The van der Waals surface area contributed by atoms with Crippen molar-refractivity contribution in [1.82, 2.24) is 10.2 Å². The Hall–Kier alpha value is -0.0800. The lowest BCUT2D eigenvalue weighted by Crippen LogP contribution is -2.37. The Morgan fingerprint density at radius 1 is 1.12 bits per heavy atom. The maximum Gasteiger partial charge on any atom is 0.00670 e. The van der Waals surface area contributed by atoms with Crippen molar-refractivity contribution in [2.24, 2.45) is 5.92 Å². The van der Waals surface area contributed by atoms with E-state index >= 15 is 0 Å². The largest absolute Gasteiger partial charge is 0.314 e. The first-order valence-corrected chi connectivity index (χ1v) is 7.84. The molecule has 1 aliphatic carbocycles. The van der Waals surface area contributed by atoms with Crippen molar-refractivity contribution in [3.8, 4) is 0 Å². The highest BCUT2D eigenvalue weighted by atomic mass is 15.1. The van der Waals surface area contributed by atoms with Gasteiger partial charge in [0.25, 0.3) is 0 Å². The molecule has 1 atom stereocenters. The smallest absolute Gasteiger partial charge is 0.00670 e. The summed E-state index contributed by atoms with van der Waals surface area (Å²) in [4.78, 5) is 2.69. The van der Waals surface area contributed by atoms with Crippen molar-refractivity contribution >= 4 is 0 Å². The fourth-order valence-electron chi connectivity index (χ4n) is 3.43. The third kappa shape index (κ3) is 4.59. The van der Waals surface area contributed by atoms with Crippen molar-refractivity contribution < 1.29 is 0 Å². The fourth-order valence-corrected chi connectivity index (χ4v) is 3.43. The molecule has 0 aromatic heterocycles. The summed E-state index contributed by atoms with van der Waals surface area (Å²) >= 11 is 0. The first-order chi connectivity index (χ1) is 8.38. The van der Waals surface area contributed by atoms with Crippen LogP contribution >= 0.6 is 0 Å². The van der Waals surface area contributed by atoms with Crippen LogP contribution in [0.1, 0.15) is 58.3 Å².